The number of rotatable bonds is 4. The van der Waals surface area contributed by atoms with Gasteiger partial charge in [-0.15, -0.1) is 0 Å². The van der Waals surface area contributed by atoms with Crippen molar-refractivity contribution in [3.8, 4) is 44.7 Å². The first-order valence-corrected chi connectivity index (χ1v) is 18.7. The van der Waals surface area contributed by atoms with Crippen LogP contribution in [0.3, 0.4) is 0 Å². The Balaban J connectivity index is 1.14. The normalized spacial score (nSPS) is 12.0. The summed E-state index contributed by atoms with van der Waals surface area (Å²) in [7, 11) is 0. The average molecular weight is 703 g/mol. The van der Waals surface area contributed by atoms with Gasteiger partial charge >= 0.3 is 0 Å². The minimum Gasteiger partial charge on any atom is -0.456 e. The molecule has 9 aromatic carbocycles. The van der Waals surface area contributed by atoms with E-state index in [0.29, 0.717) is 0 Å². The van der Waals surface area contributed by atoms with E-state index in [1.54, 1.807) is 0 Å². The third-order valence-corrected chi connectivity index (χ3v) is 11.3. The lowest BCUT2D eigenvalue weighted by Gasteiger charge is -2.18. The number of benzene rings is 9. The predicted octanol–water partition coefficient (Wildman–Crippen LogP) is 15.2. The molecule has 0 aliphatic rings. The van der Waals surface area contributed by atoms with Gasteiger partial charge in [0.2, 0.25) is 0 Å². The molecule has 12 aromatic rings. The number of para-hydroxylation sites is 1. The molecule has 0 N–H and O–H groups in total. The lowest BCUT2D eigenvalue weighted by atomic mass is 9.84. The van der Waals surface area contributed by atoms with Gasteiger partial charge in [-0.1, -0.05) is 146 Å². The van der Waals surface area contributed by atoms with Crippen LogP contribution < -0.4 is 0 Å². The summed E-state index contributed by atoms with van der Waals surface area (Å²) in [4.78, 5) is 0. The quantitative estimate of drug-likeness (QED) is 0.171. The van der Waals surface area contributed by atoms with Crippen molar-refractivity contribution in [3.63, 3.8) is 0 Å². The van der Waals surface area contributed by atoms with Crippen molar-refractivity contribution >= 4 is 76.4 Å². The van der Waals surface area contributed by atoms with Crippen molar-refractivity contribution in [1.29, 1.82) is 0 Å². The highest BCUT2D eigenvalue weighted by molar-refractivity contribution is 6.27. The predicted molar refractivity (Wildman–Crippen MR) is 228 cm³/mol. The molecule has 0 aliphatic carbocycles. The number of hydrogen-bond acceptors (Lipinski definition) is 3. The smallest absolute Gasteiger partial charge is 0.143 e. The van der Waals surface area contributed by atoms with E-state index in [1.807, 2.05) is 24.3 Å². The zero-order valence-electron chi connectivity index (χ0n) is 29.5. The number of hydrogen-bond donors (Lipinski definition) is 0. The van der Waals surface area contributed by atoms with Gasteiger partial charge in [0.15, 0.2) is 0 Å². The summed E-state index contributed by atoms with van der Waals surface area (Å²) in [6.07, 6.45) is 0. The summed E-state index contributed by atoms with van der Waals surface area (Å²) < 4.78 is 19.8. The second-order valence-electron chi connectivity index (χ2n) is 14.3. The fourth-order valence-electron chi connectivity index (χ4n) is 8.92. The zero-order chi connectivity index (χ0) is 36.0. The third-order valence-electron chi connectivity index (χ3n) is 11.3. The van der Waals surface area contributed by atoms with Crippen LogP contribution in [0.1, 0.15) is 0 Å². The first-order valence-electron chi connectivity index (χ1n) is 18.7. The van der Waals surface area contributed by atoms with E-state index >= 15 is 0 Å². The Bertz CT molecular complexity index is 3420. The highest BCUT2D eigenvalue weighted by Crippen LogP contribution is 2.49. The molecule has 0 aliphatic heterocycles. The first kappa shape index (κ1) is 30.1. The van der Waals surface area contributed by atoms with Crippen molar-refractivity contribution in [2.75, 3.05) is 0 Å². The molecule has 0 saturated carbocycles. The van der Waals surface area contributed by atoms with Gasteiger partial charge in [0.1, 0.15) is 33.7 Å². The molecule has 0 spiro atoms. The first-order chi connectivity index (χ1) is 27.3. The zero-order valence-corrected chi connectivity index (χ0v) is 29.5. The Hall–Kier alpha value is -7.36. The molecule has 0 unspecified atom stereocenters. The molecule has 3 aromatic heterocycles. The molecule has 3 heterocycles. The van der Waals surface area contributed by atoms with Crippen molar-refractivity contribution in [2.45, 2.75) is 0 Å². The van der Waals surface area contributed by atoms with E-state index in [1.165, 1.54) is 32.7 Å². The Morgan fingerprint density at radius 2 is 0.800 bits per heavy atom. The largest absolute Gasteiger partial charge is 0.456 e. The Labute approximate surface area is 315 Å². The maximum atomic E-state index is 6.82. The van der Waals surface area contributed by atoms with E-state index in [0.717, 1.165) is 88.4 Å². The molecule has 3 heteroatoms. The summed E-state index contributed by atoms with van der Waals surface area (Å²) in [5.41, 5.74) is 12.2. The fraction of sp³-hybridized carbons (Fsp3) is 0. The minimum absolute atomic E-state index is 0.829. The minimum atomic E-state index is 0.829. The van der Waals surface area contributed by atoms with E-state index in [9.17, 15) is 0 Å². The number of furan rings is 3. The van der Waals surface area contributed by atoms with Crippen LogP contribution >= 0.6 is 0 Å². The van der Waals surface area contributed by atoms with Gasteiger partial charge in [0, 0.05) is 38.1 Å². The van der Waals surface area contributed by atoms with E-state index in [2.05, 4.69) is 158 Å². The Morgan fingerprint density at radius 3 is 1.53 bits per heavy atom. The molecule has 0 radical (unpaired) electrons. The van der Waals surface area contributed by atoms with Crippen LogP contribution in [0.15, 0.2) is 195 Å². The number of fused-ring (bicyclic) bond motifs is 9. The SMILES string of the molecule is c1ccc(-c2oc3cc4c(cc3c2-c2ccccc2)oc2cccc(-c3c5ccccc5c(-c5ccc6oc7ccccc7c6c5)c5ccccc35)c24)cc1. The van der Waals surface area contributed by atoms with Gasteiger partial charge in [0.05, 0.1) is 0 Å². The van der Waals surface area contributed by atoms with Gasteiger partial charge in [-0.2, -0.15) is 0 Å². The van der Waals surface area contributed by atoms with Crippen LogP contribution in [0, 0.1) is 0 Å². The van der Waals surface area contributed by atoms with Crippen molar-refractivity contribution in [1.82, 2.24) is 0 Å². The standard InChI is InChI=1S/C52H30O3/c1-3-14-31(15-4-1)49-41-29-46-42(30-47(41)55-52(49)32-16-5-2-6-17-32)51-39(23-13-25-45(51)54-46)50-37-21-9-7-19-35(37)48(36-20-8-10-22-38(36)50)33-26-27-44-40(28-33)34-18-11-12-24-43(34)53-44/h1-30H. The van der Waals surface area contributed by atoms with Gasteiger partial charge in [-0.3, -0.25) is 0 Å². The van der Waals surface area contributed by atoms with Crippen molar-refractivity contribution < 1.29 is 13.3 Å². The monoisotopic (exact) mass is 702 g/mol. The molecule has 0 amide bonds. The molecule has 256 valence electrons. The summed E-state index contributed by atoms with van der Waals surface area (Å²) >= 11 is 0. The molecule has 0 saturated heterocycles. The average Bonchev–Trinajstić information content (AvgIpc) is 3.93. The van der Waals surface area contributed by atoms with E-state index in [4.69, 9.17) is 13.3 Å². The van der Waals surface area contributed by atoms with Crippen LogP contribution in [0.2, 0.25) is 0 Å². The van der Waals surface area contributed by atoms with Crippen LogP contribution in [-0.4, -0.2) is 0 Å². The molecule has 12 rings (SSSR count). The van der Waals surface area contributed by atoms with E-state index < -0.39 is 0 Å². The second-order valence-corrected chi connectivity index (χ2v) is 14.3. The second kappa shape index (κ2) is 11.6. The van der Waals surface area contributed by atoms with E-state index in [-0.39, 0.29) is 0 Å². The van der Waals surface area contributed by atoms with Crippen LogP contribution in [-0.2, 0) is 0 Å². The maximum absolute atomic E-state index is 6.82. The van der Waals surface area contributed by atoms with Crippen LogP contribution in [0.4, 0.5) is 0 Å². The molecular weight excluding hydrogens is 673 g/mol. The van der Waals surface area contributed by atoms with Gasteiger partial charge in [-0.25, -0.2) is 0 Å². The lowest BCUT2D eigenvalue weighted by Crippen LogP contribution is -1.91. The maximum Gasteiger partial charge on any atom is 0.143 e. The topological polar surface area (TPSA) is 39.4 Å². The fourth-order valence-corrected chi connectivity index (χ4v) is 8.92. The van der Waals surface area contributed by atoms with Gasteiger partial charge in [0.25, 0.3) is 0 Å². The Morgan fingerprint density at radius 1 is 0.255 bits per heavy atom. The van der Waals surface area contributed by atoms with Gasteiger partial charge in [-0.05, 0) is 85.8 Å². The molecule has 0 atom stereocenters. The Kier molecular flexibility index (Phi) is 6.34. The van der Waals surface area contributed by atoms with Crippen molar-refractivity contribution in [2.24, 2.45) is 0 Å². The molecule has 0 fully saturated rings. The summed E-state index contributed by atoms with van der Waals surface area (Å²) in [6.45, 7) is 0. The highest BCUT2D eigenvalue weighted by Gasteiger charge is 2.24. The molecule has 3 nitrogen and oxygen atoms in total. The summed E-state index contributed by atoms with van der Waals surface area (Å²) in [5.74, 6) is 0.855. The lowest BCUT2D eigenvalue weighted by molar-refractivity contribution is 0.632. The molecule has 55 heavy (non-hydrogen) atoms. The summed E-state index contributed by atoms with van der Waals surface area (Å²) in [5, 5.41) is 10.1. The third kappa shape index (κ3) is 4.44. The molecular formula is C52H30O3. The van der Waals surface area contributed by atoms with Crippen LogP contribution in [0.25, 0.3) is 121 Å². The summed E-state index contributed by atoms with van der Waals surface area (Å²) in [6, 6.07) is 64.1. The van der Waals surface area contributed by atoms with Gasteiger partial charge < -0.3 is 13.3 Å². The highest BCUT2D eigenvalue weighted by atomic mass is 16.3. The van der Waals surface area contributed by atoms with Crippen LogP contribution in [0.5, 0.6) is 0 Å². The van der Waals surface area contributed by atoms with Crippen molar-refractivity contribution in [3.05, 3.63) is 182 Å². The molecule has 0 bridgehead atoms.